The number of nitrogens with one attached hydrogen (secondary N) is 1. The second-order valence-corrected chi connectivity index (χ2v) is 6.82. The van der Waals surface area contributed by atoms with Crippen molar-refractivity contribution in [1.82, 2.24) is 10.3 Å². The van der Waals surface area contributed by atoms with Crippen molar-refractivity contribution in [1.29, 1.82) is 0 Å². The number of aliphatic hydroxyl groups is 1. The first-order chi connectivity index (χ1) is 9.53. The highest BCUT2D eigenvalue weighted by atomic mass is 32.1. The first-order valence-electron chi connectivity index (χ1n) is 7.06. The molecule has 0 bridgehead atoms. The summed E-state index contributed by atoms with van der Waals surface area (Å²) >= 11 is 1.56. The Morgan fingerprint density at radius 3 is 3.10 bits per heavy atom. The van der Waals surface area contributed by atoms with E-state index >= 15 is 0 Å². The van der Waals surface area contributed by atoms with Crippen LogP contribution in [-0.4, -0.2) is 28.1 Å². The third-order valence-corrected chi connectivity index (χ3v) is 4.62. The Kier molecular flexibility index (Phi) is 4.94. The molecule has 0 aromatic carbocycles. The molecule has 1 fully saturated rings. The zero-order valence-corrected chi connectivity index (χ0v) is 12.9. The third kappa shape index (κ3) is 3.90. The number of aliphatic hydroxyl groups excluding tert-OH is 1. The minimum Gasteiger partial charge on any atom is -0.394 e. The van der Waals surface area contributed by atoms with Crippen LogP contribution in [0.25, 0.3) is 6.08 Å². The van der Waals surface area contributed by atoms with E-state index in [0.717, 1.165) is 30.0 Å². The summed E-state index contributed by atoms with van der Waals surface area (Å²) in [5.41, 5.74) is 0.356. The van der Waals surface area contributed by atoms with Crippen molar-refractivity contribution < 1.29 is 9.90 Å². The molecule has 2 unspecified atom stereocenters. The first-order valence-corrected chi connectivity index (χ1v) is 7.94. The number of nitrogens with zero attached hydrogens (tertiary/aromatic N) is 1. The number of hydrogen-bond acceptors (Lipinski definition) is 4. The molecule has 1 aromatic heterocycles. The lowest BCUT2D eigenvalue weighted by molar-refractivity contribution is -0.119. The molecule has 5 heteroatoms. The molecule has 20 heavy (non-hydrogen) atoms. The molecular formula is C15H22N2O2S. The van der Waals surface area contributed by atoms with Crippen LogP contribution in [0.1, 0.15) is 43.3 Å². The number of carbonyl (C=O) groups excluding carboxylic acids is 1. The second kappa shape index (κ2) is 6.50. The molecule has 4 nitrogen and oxygen atoms in total. The van der Waals surface area contributed by atoms with Gasteiger partial charge in [0.15, 0.2) is 0 Å². The predicted molar refractivity (Wildman–Crippen MR) is 81.5 cm³/mol. The molecular weight excluding hydrogens is 272 g/mol. The van der Waals surface area contributed by atoms with E-state index < -0.39 is 5.54 Å². The number of rotatable bonds is 4. The fourth-order valence-electron chi connectivity index (χ4n) is 2.88. The Bertz CT molecular complexity index is 498. The number of aryl methyl sites for hydroxylation is 1. The summed E-state index contributed by atoms with van der Waals surface area (Å²) in [4.78, 5) is 16.3. The van der Waals surface area contributed by atoms with Crippen molar-refractivity contribution >= 4 is 23.3 Å². The van der Waals surface area contributed by atoms with Crippen molar-refractivity contribution in [2.24, 2.45) is 5.92 Å². The summed E-state index contributed by atoms with van der Waals surface area (Å²) in [5.74, 6) is 0.389. The van der Waals surface area contributed by atoms with Crippen molar-refractivity contribution in [2.45, 2.75) is 45.1 Å². The summed E-state index contributed by atoms with van der Waals surface area (Å²) in [6, 6.07) is 0. The van der Waals surface area contributed by atoms with Crippen LogP contribution in [-0.2, 0) is 4.79 Å². The number of thiazole rings is 1. The van der Waals surface area contributed by atoms with Gasteiger partial charge in [-0.05, 0) is 31.8 Å². The lowest BCUT2D eigenvalue weighted by atomic mass is 9.77. The smallest absolute Gasteiger partial charge is 0.244 e. The fraction of sp³-hybridized carbons (Fsp3) is 0.600. The van der Waals surface area contributed by atoms with E-state index in [1.165, 1.54) is 12.5 Å². The van der Waals surface area contributed by atoms with Crippen LogP contribution in [0.4, 0.5) is 0 Å². The van der Waals surface area contributed by atoms with Gasteiger partial charge in [0.25, 0.3) is 0 Å². The largest absolute Gasteiger partial charge is 0.394 e. The van der Waals surface area contributed by atoms with Crippen molar-refractivity contribution in [3.8, 4) is 0 Å². The molecule has 0 radical (unpaired) electrons. The van der Waals surface area contributed by atoms with Gasteiger partial charge in [-0.3, -0.25) is 4.79 Å². The van der Waals surface area contributed by atoms with Crippen LogP contribution in [0.2, 0.25) is 0 Å². The maximum atomic E-state index is 12.0. The van der Waals surface area contributed by atoms with Crippen LogP contribution < -0.4 is 5.32 Å². The molecule has 0 aliphatic heterocycles. The molecule has 1 aliphatic carbocycles. The zero-order chi connectivity index (χ0) is 14.6. The molecule has 110 valence electrons. The molecule has 0 spiro atoms. The standard InChI is InChI=1S/C15H22N2O2S/c1-11-4-3-7-15(8-11,10-18)17-14(19)6-5-13-9-20-12(2)16-13/h5-6,9,11,18H,3-4,7-8,10H2,1-2H3,(H,17,19). The quantitative estimate of drug-likeness (QED) is 0.839. The van der Waals surface area contributed by atoms with Gasteiger partial charge in [0.2, 0.25) is 5.91 Å². The van der Waals surface area contributed by atoms with Gasteiger partial charge in [-0.1, -0.05) is 19.8 Å². The highest BCUT2D eigenvalue weighted by Gasteiger charge is 2.35. The van der Waals surface area contributed by atoms with Crippen molar-refractivity contribution in [3.05, 3.63) is 22.2 Å². The predicted octanol–water partition coefficient (Wildman–Crippen LogP) is 2.52. The first kappa shape index (κ1) is 15.2. The second-order valence-electron chi connectivity index (χ2n) is 5.75. The maximum absolute atomic E-state index is 12.0. The van der Waals surface area contributed by atoms with Crippen LogP contribution in [0.5, 0.6) is 0 Å². The fourth-order valence-corrected chi connectivity index (χ4v) is 3.46. The van der Waals surface area contributed by atoms with E-state index in [9.17, 15) is 9.90 Å². The lowest BCUT2D eigenvalue weighted by Gasteiger charge is -2.39. The topological polar surface area (TPSA) is 62.2 Å². The van der Waals surface area contributed by atoms with Gasteiger partial charge in [0.1, 0.15) is 0 Å². The SMILES string of the molecule is Cc1nc(C=CC(=O)NC2(CO)CCCC(C)C2)cs1. The third-order valence-electron chi connectivity index (χ3n) is 3.82. The highest BCUT2D eigenvalue weighted by molar-refractivity contribution is 7.09. The van der Waals surface area contributed by atoms with Crippen LogP contribution in [0.15, 0.2) is 11.5 Å². The zero-order valence-electron chi connectivity index (χ0n) is 12.1. The van der Waals surface area contributed by atoms with Gasteiger partial charge in [-0.25, -0.2) is 4.98 Å². The molecule has 0 saturated heterocycles. The van der Waals surface area contributed by atoms with Gasteiger partial charge >= 0.3 is 0 Å². The molecule has 2 rings (SSSR count). The molecule has 1 heterocycles. The van der Waals surface area contributed by atoms with E-state index in [1.807, 2.05) is 12.3 Å². The molecule has 1 aliphatic rings. The number of hydrogen-bond donors (Lipinski definition) is 2. The van der Waals surface area contributed by atoms with Gasteiger partial charge in [-0.2, -0.15) is 0 Å². The highest BCUT2D eigenvalue weighted by Crippen LogP contribution is 2.31. The van der Waals surface area contributed by atoms with E-state index in [4.69, 9.17) is 0 Å². The average molecular weight is 294 g/mol. The van der Waals surface area contributed by atoms with Gasteiger partial charge < -0.3 is 10.4 Å². The Labute approximate surface area is 123 Å². The maximum Gasteiger partial charge on any atom is 0.244 e. The average Bonchev–Trinajstić information content (AvgIpc) is 2.82. The monoisotopic (exact) mass is 294 g/mol. The molecule has 1 amide bonds. The van der Waals surface area contributed by atoms with E-state index in [-0.39, 0.29) is 12.5 Å². The summed E-state index contributed by atoms with van der Waals surface area (Å²) in [7, 11) is 0. The summed E-state index contributed by atoms with van der Waals surface area (Å²) in [6.07, 6.45) is 7.14. The van der Waals surface area contributed by atoms with Crippen molar-refractivity contribution in [2.75, 3.05) is 6.61 Å². The normalized spacial score (nSPS) is 26.9. The van der Waals surface area contributed by atoms with Gasteiger partial charge in [0.05, 0.1) is 22.8 Å². The van der Waals surface area contributed by atoms with Crippen LogP contribution >= 0.6 is 11.3 Å². The lowest BCUT2D eigenvalue weighted by Crippen LogP contribution is -2.53. The van der Waals surface area contributed by atoms with E-state index in [2.05, 4.69) is 17.2 Å². The van der Waals surface area contributed by atoms with Crippen LogP contribution in [0, 0.1) is 12.8 Å². The van der Waals surface area contributed by atoms with Gasteiger partial charge in [0, 0.05) is 11.5 Å². The molecule has 1 saturated carbocycles. The van der Waals surface area contributed by atoms with E-state index in [1.54, 1.807) is 17.4 Å². The Morgan fingerprint density at radius 2 is 2.50 bits per heavy atom. The Hall–Kier alpha value is -1.20. The Morgan fingerprint density at radius 1 is 1.70 bits per heavy atom. The van der Waals surface area contributed by atoms with Gasteiger partial charge in [-0.15, -0.1) is 11.3 Å². The number of aromatic nitrogens is 1. The van der Waals surface area contributed by atoms with E-state index in [0.29, 0.717) is 5.92 Å². The minimum absolute atomic E-state index is 0.00668. The van der Waals surface area contributed by atoms with Crippen LogP contribution in [0.3, 0.4) is 0 Å². The van der Waals surface area contributed by atoms with Crippen molar-refractivity contribution in [3.63, 3.8) is 0 Å². The molecule has 2 N–H and O–H groups in total. The molecule has 2 atom stereocenters. The summed E-state index contributed by atoms with van der Waals surface area (Å²) in [5, 5.41) is 15.5. The minimum atomic E-state index is -0.447. The summed E-state index contributed by atoms with van der Waals surface area (Å²) in [6.45, 7) is 4.11. The number of carbonyl (C=O) groups is 1. The summed E-state index contributed by atoms with van der Waals surface area (Å²) < 4.78 is 0. The number of amides is 1. The molecule has 1 aromatic rings. The Balaban J connectivity index is 1.97.